The fourth-order valence-electron chi connectivity index (χ4n) is 2.98. The fraction of sp³-hybridized carbons (Fsp3) is 0.0526. The van der Waals surface area contributed by atoms with Crippen LogP contribution in [0, 0.1) is 17.1 Å². The van der Waals surface area contributed by atoms with Crippen LogP contribution >= 0.6 is 0 Å². The number of nitriles is 1. The molecule has 122 valence electrons. The average Bonchev–Trinajstić information content (AvgIpc) is 3.05. The zero-order valence-corrected chi connectivity index (χ0v) is 13.1. The molecule has 0 aliphatic carbocycles. The highest BCUT2D eigenvalue weighted by molar-refractivity contribution is 5.54. The maximum absolute atomic E-state index is 13.3. The van der Waals surface area contributed by atoms with Crippen LogP contribution in [0.15, 0.2) is 72.3 Å². The van der Waals surface area contributed by atoms with Gasteiger partial charge in [0, 0.05) is 5.56 Å². The molecule has 4 rings (SSSR count). The van der Waals surface area contributed by atoms with E-state index in [2.05, 4.69) is 11.2 Å². The Balaban J connectivity index is 1.90. The molecule has 0 saturated heterocycles. The van der Waals surface area contributed by atoms with Crippen molar-refractivity contribution in [2.45, 2.75) is 5.92 Å². The van der Waals surface area contributed by atoms with Gasteiger partial charge in [-0.2, -0.15) is 10.4 Å². The maximum Gasteiger partial charge on any atom is 0.228 e. The summed E-state index contributed by atoms with van der Waals surface area (Å²) in [5, 5.41) is 13.9. The zero-order chi connectivity index (χ0) is 17.4. The van der Waals surface area contributed by atoms with E-state index in [4.69, 9.17) is 10.5 Å². The molecule has 0 spiro atoms. The summed E-state index contributed by atoms with van der Waals surface area (Å²) in [6.07, 6.45) is 1.65. The van der Waals surface area contributed by atoms with E-state index < -0.39 is 5.92 Å². The van der Waals surface area contributed by atoms with Crippen LogP contribution in [0.1, 0.15) is 17.0 Å². The van der Waals surface area contributed by atoms with Crippen molar-refractivity contribution in [3.8, 4) is 17.6 Å². The highest BCUT2D eigenvalue weighted by atomic mass is 19.1. The van der Waals surface area contributed by atoms with Crippen LogP contribution in [-0.4, -0.2) is 9.78 Å². The van der Waals surface area contributed by atoms with E-state index in [-0.39, 0.29) is 17.3 Å². The number of aromatic nitrogens is 2. The van der Waals surface area contributed by atoms with Crippen LogP contribution in [0.2, 0.25) is 0 Å². The number of rotatable bonds is 2. The van der Waals surface area contributed by atoms with E-state index in [9.17, 15) is 9.65 Å². The van der Waals surface area contributed by atoms with Crippen molar-refractivity contribution in [2.75, 3.05) is 0 Å². The first-order valence-electron chi connectivity index (χ1n) is 7.65. The Morgan fingerprint density at radius 2 is 1.84 bits per heavy atom. The number of ether oxygens (including phenoxy) is 1. The minimum atomic E-state index is -0.452. The van der Waals surface area contributed by atoms with Crippen LogP contribution in [0.25, 0.3) is 5.69 Å². The topological polar surface area (TPSA) is 76.9 Å². The number of hydrogen-bond donors (Lipinski definition) is 1. The lowest BCUT2D eigenvalue weighted by Gasteiger charge is -2.24. The van der Waals surface area contributed by atoms with E-state index in [1.165, 1.54) is 12.1 Å². The number of para-hydroxylation sites is 1. The lowest BCUT2D eigenvalue weighted by atomic mass is 9.85. The molecule has 1 unspecified atom stereocenters. The molecule has 1 aliphatic rings. The summed E-state index contributed by atoms with van der Waals surface area (Å²) < 4.78 is 20.6. The minimum absolute atomic E-state index is 0.0296. The van der Waals surface area contributed by atoms with Gasteiger partial charge in [0.15, 0.2) is 0 Å². The van der Waals surface area contributed by atoms with Crippen LogP contribution < -0.4 is 10.5 Å². The first-order chi connectivity index (χ1) is 12.2. The predicted molar refractivity (Wildman–Crippen MR) is 89.3 cm³/mol. The molecule has 2 heterocycles. The molecule has 0 bridgehead atoms. The van der Waals surface area contributed by atoms with Crippen molar-refractivity contribution >= 4 is 0 Å². The van der Waals surface area contributed by atoms with Crippen molar-refractivity contribution in [2.24, 2.45) is 5.73 Å². The van der Waals surface area contributed by atoms with Gasteiger partial charge in [0.25, 0.3) is 0 Å². The van der Waals surface area contributed by atoms with Gasteiger partial charge in [0.1, 0.15) is 17.5 Å². The largest absolute Gasteiger partial charge is 0.422 e. The quantitative estimate of drug-likeness (QED) is 0.781. The Labute approximate surface area is 143 Å². The first kappa shape index (κ1) is 15.0. The summed E-state index contributed by atoms with van der Waals surface area (Å²) in [4.78, 5) is 0. The van der Waals surface area contributed by atoms with E-state index in [1.54, 1.807) is 23.0 Å². The summed E-state index contributed by atoms with van der Waals surface area (Å²) >= 11 is 0. The van der Waals surface area contributed by atoms with Gasteiger partial charge in [-0.3, -0.25) is 0 Å². The number of fused-ring (bicyclic) bond motifs is 1. The molecule has 2 aromatic carbocycles. The van der Waals surface area contributed by atoms with Gasteiger partial charge < -0.3 is 10.5 Å². The fourth-order valence-corrected chi connectivity index (χ4v) is 2.98. The smallest absolute Gasteiger partial charge is 0.228 e. The van der Waals surface area contributed by atoms with E-state index >= 15 is 0 Å². The molecule has 2 N–H and O–H groups in total. The summed E-state index contributed by atoms with van der Waals surface area (Å²) in [5.41, 5.74) is 8.54. The second-order valence-electron chi connectivity index (χ2n) is 5.63. The highest BCUT2D eigenvalue weighted by Gasteiger charge is 2.34. The van der Waals surface area contributed by atoms with Crippen molar-refractivity contribution in [1.82, 2.24) is 9.78 Å². The minimum Gasteiger partial charge on any atom is -0.422 e. The first-order valence-corrected chi connectivity index (χ1v) is 7.65. The average molecular weight is 332 g/mol. The predicted octanol–water partition coefficient (Wildman–Crippen LogP) is 3.23. The number of nitrogens with two attached hydrogens (primary N) is 1. The van der Waals surface area contributed by atoms with Crippen LogP contribution in [-0.2, 0) is 0 Å². The third-order valence-corrected chi connectivity index (χ3v) is 4.15. The number of halogens is 1. The van der Waals surface area contributed by atoms with Gasteiger partial charge in [0.2, 0.25) is 11.8 Å². The van der Waals surface area contributed by atoms with Gasteiger partial charge in [0.05, 0.1) is 17.8 Å². The van der Waals surface area contributed by atoms with Crippen molar-refractivity contribution in [1.29, 1.82) is 5.26 Å². The molecule has 1 aromatic heterocycles. The lowest BCUT2D eigenvalue weighted by Crippen LogP contribution is -2.21. The molecule has 5 nitrogen and oxygen atoms in total. The molecule has 0 radical (unpaired) electrons. The third-order valence-electron chi connectivity index (χ3n) is 4.15. The number of allylic oxidation sites excluding steroid dienone is 1. The Hall–Kier alpha value is -3.59. The maximum atomic E-state index is 13.3. The number of nitrogens with zero attached hydrogens (tertiary/aromatic N) is 3. The monoisotopic (exact) mass is 332 g/mol. The lowest BCUT2D eigenvalue weighted by molar-refractivity contribution is 0.367. The van der Waals surface area contributed by atoms with Crippen LogP contribution in [0.4, 0.5) is 4.39 Å². The Bertz CT molecular complexity index is 1000. The van der Waals surface area contributed by atoms with Crippen LogP contribution in [0.3, 0.4) is 0 Å². The SMILES string of the molecule is N#CC1=C(N)Oc2c(cnn2-c2ccccc2)C1c1ccc(F)cc1. The van der Waals surface area contributed by atoms with Crippen LogP contribution in [0.5, 0.6) is 5.88 Å². The second kappa shape index (κ2) is 5.80. The van der Waals surface area contributed by atoms with E-state index in [0.717, 1.165) is 11.3 Å². The summed E-state index contributed by atoms with van der Waals surface area (Å²) in [6, 6.07) is 17.6. The molecule has 6 heteroatoms. The molecule has 1 atom stereocenters. The molecule has 0 fully saturated rings. The summed E-state index contributed by atoms with van der Waals surface area (Å²) in [6.45, 7) is 0. The number of hydrogen-bond acceptors (Lipinski definition) is 4. The molecular formula is C19H13FN4O. The second-order valence-corrected chi connectivity index (χ2v) is 5.63. The Kier molecular flexibility index (Phi) is 3.47. The van der Waals surface area contributed by atoms with Gasteiger partial charge in [-0.1, -0.05) is 30.3 Å². The van der Waals surface area contributed by atoms with Gasteiger partial charge in [-0.15, -0.1) is 0 Å². The van der Waals surface area contributed by atoms with E-state index in [0.29, 0.717) is 11.4 Å². The van der Waals surface area contributed by atoms with E-state index in [1.807, 2.05) is 30.3 Å². The van der Waals surface area contributed by atoms with Gasteiger partial charge in [-0.05, 0) is 29.8 Å². The van der Waals surface area contributed by atoms with Crippen molar-refractivity contribution in [3.05, 3.63) is 89.2 Å². The van der Waals surface area contributed by atoms with Gasteiger partial charge >= 0.3 is 0 Å². The Morgan fingerprint density at radius 3 is 2.52 bits per heavy atom. The highest BCUT2D eigenvalue weighted by Crippen LogP contribution is 2.42. The molecule has 0 saturated carbocycles. The summed E-state index contributed by atoms with van der Waals surface area (Å²) in [7, 11) is 0. The van der Waals surface area contributed by atoms with Gasteiger partial charge in [-0.25, -0.2) is 9.07 Å². The summed E-state index contributed by atoms with van der Waals surface area (Å²) in [5.74, 6) is -0.308. The molecule has 25 heavy (non-hydrogen) atoms. The molecular weight excluding hydrogens is 319 g/mol. The Morgan fingerprint density at radius 1 is 1.12 bits per heavy atom. The molecule has 1 aliphatic heterocycles. The standard InChI is InChI=1S/C19H13FN4O/c20-13-8-6-12(7-9-13)17-15(10-21)18(22)25-19-16(17)11-23-24(19)14-4-2-1-3-5-14/h1-9,11,17H,22H2. The molecule has 3 aromatic rings. The molecule has 0 amide bonds. The zero-order valence-electron chi connectivity index (χ0n) is 13.1. The third kappa shape index (κ3) is 2.42. The number of benzene rings is 2. The van der Waals surface area contributed by atoms with Crippen molar-refractivity contribution < 1.29 is 9.13 Å². The van der Waals surface area contributed by atoms with Crippen molar-refractivity contribution in [3.63, 3.8) is 0 Å². The normalized spacial score (nSPS) is 16.1.